The molecule has 1 fully saturated rings. The summed E-state index contributed by atoms with van der Waals surface area (Å²) < 4.78 is 13.2. The highest BCUT2D eigenvalue weighted by Crippen LogP contribution is 2.15. The molecule has 120 valence electrons. The van der Waals surface area contributed by atoms with Crippen LogP contribution >= 0.6 is 0 Å². The fourth-order valence-corrected chi connectivity index (χ4v) is 2.81. The maximum atomic E-state index is 13.2. The van der Waals surface area contributed by atoms with Crippen LogP contribution in [0.3, 0.4) is 0 Å². The second-order valence-electron chi connectivity index (χ2n) is 5.75. The number of halogens is 1. The number of rotatable bonds is 4. The molecule has 0 bridgehead atoms. The molecule has 1 aliphatic rings. The molecule has 23 heavy (non-hydrogen) atoms. The molecule has 0 unspecified atom stereocenters. The van der Waals surface area contributed by atoms with E-state index in [0.717, 1.165) is 38.0 Å². The number of benzene rings is 1. The van der Waals surface area contributed by atoms with Gasteiger partial charge in [-0.25, -0.2) is 14.4 Å². The van der Waals surface area contributed by atoms with Gasteiger partial charge < -0.3 is 5.32 Å². The first kappa shape index (κ1) is 15.6. The van der Waals surface area contributed by atoms with Crippen molar-refractivity contribution in [3.8, 4) is 0 Å². The molecule has 1 saturated heterocycles. The van der Waals surface area contributed by atoms with Gasteiger partial charge in [-0.3, -0.25) is 9.69 Å². The van der Waals surface area contributed by atoms with Gasteiger partial charge >= 0.3 is 0 Å². The van der Waals surface area contributed by atoms with E-state index in [0.29, 0.717) is 5.69 Å². The van der Waals surface area contributed by atoms with E-state index < -0.39 is 0 Å². The van der Waals surface area contributed by atoms with Crippen LogP contribution in [-0.4, -0.2) is 39.9 Å². The molecule has 1 aromatic heterocycles. The van der Waals surface area contributed by atoms with Crippen molar-refractivity contribution in [2.45, 2.75) is 25.4 Å². The van der Waals surface area contributed by atoms with Crippen LogP contribution in [0, 0.1) is 5.82 Å². The number of carbonyl (C=O) groups is 1. The average Bonchev–Trinajstić information content (AvgIpc) is 2.57. The van der Waals surface area contributed by atoms with Crippen molar-refractivity contribution in [2.75, 3.05) is 13.1 Å². The van der Waals surface area contributed by atoms with Crippen LogP contribution in [0.15, 0.2) is 42.9 Å². The Morgan fingerprint density at radius 3 is 2.83 bits per heavy atom. The van der Waals surface area contributed by atoms with Gasteiger partial charge in [-0.1, -0.05) is 12.1 Å². The standard InChI is InChI=1S/C17H19FN4O/c18-14-3-1-2-13(10-14)11-22-8-5-15(6-9-22)21-17(23)16-4-7-19-12-20-16/h1-4,7,10,12,15H,5-6,8-9,11H2,(H,21,23). The average molecular weight is 314 g/mol. The Bertz CT molecular complexity index is 657. The van der Waals surface area contributed by atoms with Crippen LogP contribution in [-0.2, 0) is 6.54 Å². The Labute approximate surface area is 134 Å². The first-order valence-corrected chi connectivity index (χ1v) is 7.74. The minimum Gasteiger partial charge on any atom is -0.348 e. The third kappa shape index (κ3) is 4.32. The number of carbonyl (C=O) groups excluding carboxylic acids is 1. The zero-order chi connectivity index (χ0) is 16.1. The Hall–Kier alpha value is -2.34. The van der Waals surface area contributed by atoms with Crippen LogP contribution in [0.1, 0.15) is 28.9 Å². The SMILES string of the molecule is O=C(NC1CCN(Cc2cccc(F)c2)CC1)c1ccncn1. The van der Waals surface area contributed by atoms with E-state index >= 15 is 0 Å². The second kappa shape index (κ2) is 7.28. The highest BCUT2D eigenvalue weighted by molar-refractivity contribution is 5.92. The van der Waals surface area contributed by atoms with Crippen LogP contribution in [0.2, 0.25) is 0 Å². The van der Waals surface area contributed by atoms with E-state index in [1.54, 1.807) is 24.4 Å². The molecule has 2 heterocycles. The summed E-state index contributed by atoms with van der Waals surface area (Å²) in [5, 5.41) is 3.01. The normalized spacial score (nSPS) is 16.2. The number of hydrogen-bond acceptors (Lipinski definition) is 4. The molecule has 0 radical (unpaired) electrons. The molecular formula is C17H19FN4O. The van der Waals surface area contributed by atoms with Crippen LogP contribution in [0.25, 0.3) is 0 Å². The van der Waals surface area contributed by atoms with Gasteiger partial charge in [-0.05, 0) is 36.6 Å². The van der Waals surface area contributed by atoms with Gasteiger partial charge in [0, 0.05) is 31.9 Å². The molecule has 1 N–H and O–H groups in total. The van der Waals surface area contributed by atoms with E-state index in [9.17, 15) is 9.18 Å². The molecule has 1 amide bonds. The Balaban J connectivity index is 1.48. The largest absolute Gasteiger partial charge is 0.348 e. The molecule has 0 aliphatic carbocycles. The third-order valence-electron chi connectivity index (χ3n) is 4.03. The van der Waals surface area contributed by atoms with E-state index in [2.05, 4.69) is 20.2 Å². The quantitative estimate of drug-likeness (QED) is 0.938. The van der Waals surface area contributed by atoms with Crippen molar-refractivity contribution in [3.05, 3.63) is 59.9 Å². The number of likely N-dealkylation sites (tertiary alicyclic amines) is 1. The Kier molecular flexibility index (Phi) is 4.92. The Morgan fingerprint density at radius 1 is 1.30 bits per heavy atom. The molecular weight excluding hydrogens is 295 g/mol. The lowest BCUT2D eigenvalue weighted by molar-refractivity contribution is 0.0903. The van der Waals surface area contributed by atoms with Crippen molar-refractivity contribution < 1.29 is 9.18 Å². The van der Waals surface area contributed by atoms with Crippen LogP contribution in [0.5, 0.6) is 0 Å². The first-order valence-electron chi connectivity index (χ1n) is 7.74. The zero-order valence-corrected chi connectivity index (χ0v) is 12.8. The van der Waals surface area contributed by atoms with Crippen molar-refractivity contribution in [1.29, 1.82) is 0 Å². The first-order chi connectivity index (χ1) is 11.2. The predicted molar refractivity (Wildman–Crippen MR) is 84.2 cm³/mol. The molecule has 6 heteroatoms. The smallest absolute Gasteiger partial charge is 0.270 e. The Morgan fingerprint density at radius 2 is 2.13 bits per heavy atom. The number of piperidine rings is 1. The van der Waals surface area contributed by atoms with Crippen molar-refractivity contribution in [1.82, 2.24) is 20.2 Å². The van der Waals surface area contributed by atoms with Gasteiger partial charge in [0.15, 0.2) is 0 Å². The van der Waals surface area contributed by atoms with Gasteiger partial charge in [0.25, 0.3) is 5.91 Å². The lowest BCUT2D eigenvalue weighted by atomic mass is 10.0. The molecule has 2 aromatic rings. The molecule has 0 spiro atoms. The van der Waals surface area contributed by atoms with Crippen LogP contribution in [0.4, 0.5) is 4.39 Å². The maximum Gasteiger partial charge on any atom is 0.270 e. The van der Waals surface area contributed by atoms with E-state index in [-0.39, 0.29) is 17.8 Å². The highest BCUT2D eigenvalue weighted by atomic mass is 19.1. The molecule has 1 aliphatic heterocycles. The summed E-state index contributed by atoms with van der Waals surface area (Å²) in [5.74, 6) is -0.356. The fraction of sp³-hybridized carbons (Fsp3) is 0.353. The topological polar surface area (TPSA) is 58.1 Å². The number of aromatic nitrogens is 2. The highest BCUT2D eigenvalue weighted by Gasteiger charge is 2.21. The molecule has 1 aromatic carbocycles. The minimum atomic E-state index is -0.200. The summed E-state index contributed by atoms with van der Waals surface area (Å²) in [5.41, 5.74) is 1.37. The van der Waals surface area contributed by atoms with Gasteiger partial charge in [0.05, 0.1) is 0 Å². The maximum absolute atomic E-state index is 13.2. The van der Waals surface area contributed by atoms with E-state index in [4.69, 9.17) is 0 Å². The molecule has 0 saturated carbocycles. The fourth-order valence-electron chi connectivity index (χ4n) is 2.81. The minimum absolute atomic E-state index is 0.154. The number of amides is 1. The monoisotopic (exact) mass is 314 g/mol. The zero-order valence-electron chi connectivity index (χ0n) is 12.8. The number of nitrogens with zero attached hydrogens (tertiary/aromatic N) is 3. The van der Waals surface area contributed by atoms with Gasteiger partial charge in [-0.15, -0.1) is 0 Å². The molecule has 3 rings (SSSR count). The van der Waals surface area contributed by atoms with Crippen molar-refractivity contribution in [3.63, 3.8) is 0 Å². The number of nitrogens with one attached hydrogen (secondary N) is 1. The number of hydrogen-bond donors (Lipinski definition) is 1. The predicted octanol–water partition coefficient (Wildman–Crippen LogP) is 2.01. The second-order valence-corrected chi connectivity index (χ2v) is 5.75. The van der Waals surface area contributed by atoms with Crippen LogP contribution < -0.4 is 5.32 Å². The summed E-state index contributed by atoms with van der Waals surface area (Å²) in [7, 11) is 0. The van der Waals surface area contributed by atoms with E-state index in [1.807, 2.05) is 6.07 Å². The molecule has 5 nitrogen and oxygen atoms in total. The summed E-state index contributed by atoms with van der Waals surface area (Å²) in [6.45, 7) is 2.50. The van der Waals surface area contributed by atoms with Crippen molar-refractivity contribution in [2.24, 2.45) is 0 Å². The van der Waals surface area contributed by atoms with E-state index in [1.165, 1.54) is 12.4 Å². The molecule has 0 atom stereocenters. The summed E-state index contributed by atoms with van der Waals surface area (Å²) in [6.07, 6.45) is 4.69. The van der Waals surface area contributed by atoms with Gasteiger partial charge in [0.2, 0.25) is 0 Å². The summed E-state index contributed by atoms with van der Waals surface area (Å²) >= 11 is 0. The van der Waals surface area contributed by atoms with Crippen molar-refractivity contribution >= 4 is 5.91 Å². The van der Waals surface area contributed by atoms with Gasteiger partial charge in [0.1, 0.15) is 17.8 Å². The third-order valence-corrected chi connectivity index (χ3v) is 4.03. The summed E-state index contributed by atoms with van der Waals surface area (Å²) in [6, 6.07) is 8.46. The lowest BCUT2D eigenvalue weighted by Gasteiger charge is -2.32. The lowest BCUT2D eigenvalue weighted by Crippen LogP contribution is -2.44. The summed E-state index contributed by atoms with van der Waals surface area (Å²) in [4.78, 5) is 22.1. The van der Waals surface area contributed by atoms with Gasteiger partial charge in [-0.2, -0.15) is 0 Å².